The van der Waals surface area contributed by atoms with Crippen molar-refractivity contribution < 1.29 is 9.53 Å². The average molecular weight is 297 g/mol. The highest BCUT2D eigenvalue weighted by Gasteiger charge is 2.37. The molecule has 21 heavy (non-hydrogen) atoms. The summed E-state index contributed by atoms with van der Waals surface area (Å²) in [7, 11) is 0. The molecule has 0 aliphatic carbocycles. The summed E-state index contributed by atoms with van der Waals surface area (Å²) in [6.45, 7) is 13.6. The number of ether oxygens (including phenoxy) is 1. The third-order valence-corrected chi connectivity index (χ3v) is 4.41. The van der Waals surface area contributed by atoms with Crippen molar-refractivity contribution in [1.29, 1.82) is 0 Å². The van der Waals surface area contributed by atoms with Crippen molar-refractivity contribution in [3.63, 3.8) is 0 Å². The van der Waals surface area contributed by atoms with Crippen LogP contribution in [0.4, 0.5) is 0 Å². The standard InChI is InChI=1S/C16H31N3O2/c1-12(20)19-6-7-21-14(11-19)10-17-13-8-15(2,3)18-16(4,5)9-13/h13-14,17-18H,6-11H2,1-5H3/t14-/m1/s1. The average Bonchev–Trinajstić information content (AvgIpc) is 2.33. The highest BCUT2D eigenvalue weighted by atomic mass is 16.5. The number of amides is 1. The van der Waals surface area contributed by atoms with Crippen molar-refractivity contribution in [2.45, 2.75) is 70.7 Å². The van der Waals surface area contributed by atoms with Crippen LogP contribution < -0.4 is 10.6 Å². The van der Waals surface area contributed by atoms with Crippen molar-refractivity contribution in [1.82, 2.24) is 15.5 Å². The molecule has 2 N–H and O–H groups in total. The highest BCUT2D eigenvalue weighted by molar-refractivity contribution is 5.73. The van der Waals surface area contributed by atoms with E-state index in [0.29, 0.717) is 19.2 Å². The van der Waals surface area contributed by atoms with E-state index in [4.69, 9.17) is 4.74 Å². The fourth-order valence-electron chi connectivity index (χ4n) is 3.89. The molecule has 5 heteroatoms. The van der Waals surface area contributed by atoms with E-state index in [1.54, 1.807) is 6.92 Å². The van der Waals surface area contributed by atoms with Gasteiger partial charge < -0.3 is 20.3 Å². The molecule has 0 aromatic carbocycles. The monoisotopic (exact) mass is 297 g/mol. The molecule has 2 heterocycles. The number of carbonyl (C=O) groups excluding carboxylic acids is 1. The van der Waals surface area contributed by atoms with Crippen LogP contribution in [-0.2, 0) is 9.53 Å². The SMILES string of the molecule is CC(=O)N1CCO[C@H](CNC2CC(C)(C)NC(C)(C)C2)C1. The molecule has 2 aliphatic rings. The number of morpholine rings is 1. The molecule has 0 spiro atoms. The zero-order valence-corrected chi connectivity index (χ0v) is 14.2. The highest BCUT2D eigenvalue weighted by Crippen LogP contribution is 2.28. The molecule has 1 atom stereocenters. The number of nitrogens with zero attached hydrogens (tertiary/aromatic N) is 1. The minimum atomic E-state index is 0.115. The molecule has 0 aromatic rings. The first kappa shape index (κ1) is 16.7. The van der Waals surface area contributed by atoms with Gasteiger partial charge in [-0.2, -0.15) is 0 Å². The number of nitrogens with one attached hydrogen (secondary N) is 2. The summed E-state index contributed by atoms with van der Waals surface area (Å²) in [5.41, 5.74) is 0.302. The summed E-state index contributed by atoms with van der Waals surface area (Å²) in [4.78, 5) is 13.3. The minimum absolute atomic E-state index is 0.115. The first-order valence-corrected chi connectivity index (χ1v) is 8.07. The second-order valence-corrected chi connectivity index (χ2v) is 7.86. The van der Waals surface area contributed by atoms with E-state index >= 15 is 0 Å². The van der Waals surface area contributed by atoms with Gasteiger partial charge in [0.25, 0.3) is 0 Å². The summed E-state index contributed by atoms with van der Waals surface area (Å²) < 4.78 is 5.78. The second-order valence-electron chi connectivity index (χ2n) is 7.86. The summed E-state index contributed by atoms with van der Waals surface area (Å²) in [6.07, 6.45) is 2.34. The van der Waals surface area contributed by atoms with Gasteiger partial charge in [-0.3, -0.25) is 4.79 Å². The first-order chi connectivity index (χ1) is 9.67. The van der Waals surface area contributed by atoms with Crippen LogP contribution in [0.25, 0.3) is 0 Å². The van der Waals surface area contributed by atoms with E-state index in [1.165, 1.54) is 0 Å². The van der Waals surface area contributed by atoms with Crippen LogP contribution >= 0.6 is 0 Å². The Morgan fingerprint density at radius 1 is 1.29 bits per heavy atom. The Hall–Kier alpha value is -0.650. The van der Waals surface area contributed by atoms with Crippen LogP contribution in [0.5, 0.6) is 0 Å². The molecule has 0 radical (unpaired) electrons. The van der Waals surface area contributed by atoms with Crippen molar-refractivity contribution in [2.24, 2.45) is 0 Å². The summed E-state index contributed by atoms with van der Waals surface area (Å²) >= 11 is 0. The van der Waals surface area contributed by atoms with E-state index < -0.39 is 0 Å². The number of carbonyl (C=O) groups is 1. The van der Waals surface area contributed by atoms with Crippen LogP contribution in [0.15, 0.2) is 0 Å². The maximum absolute atomic E-state index is 11.5. The van der Waals surface area contributed by atoms with Gasteiger partial charge in [0.1, 0.15) is 0 Å². The Kier molecular flexibility index (Phi) is 4.96. The Morgan fingerprint density at radius 2 is 1.90 bits per heavy atom. The largest absolute Gasteiger partial charge is 0.373 e. The zero-order chi connectivity index (χ0) is 15.7. The number of rotatable bonds is 3. The lowest BCUT2D eigenvalue weighted by molar-refractivity contribution is -0.136. The number of hydrogen-bond donors (Lipinski definition) is 2. The first-order valence-electron chi connectivity index (χ1n) is 8.07. The van der Waals surface area contributed by atoms with E-state index in [2.05, 4.69) is 38.3 Å². The molecule has 1 amide bonds. The molecular weight excluding hydrogens is 266 g/mol. The summed E-state index contributed by atoms with van der Waals surface area (Å²) in [6, 6.07) is 0.493. The fraction of sp³-hybridized carbons (Fsp3) is 0.938. The maximum Gasteiger partial charge on any atom is 0.219 e. The third-order valence-electron chi connectivity index (χ3n) is 4.41. The molecule has 2 aliphatic heterocycles. The lowest BCUT2D eigenvalue weighted by atomic mass is 9.79. The van der Waals surface area contributed by atoms with Crippen LogP contribution in [-0.4, -0.2) is 60.3 Å². The molecule has 0 bridgehead atoms. The normalized spacial score (nSPS) is 29.4. The molecule has 0 aromatic heterocycles. The van der Waals surface area contributed by atoms with Crippen LogP contribution in [0, 0.1) is 0 Å². The maximum atomic E-state index is 11.5. The quantitative estimate of drug-likeness (QED) is 0.820. The van der Waals surface area contributed by atoms with Crippen LogP contribution in [0.2, 0.25) is 0 Å². The zero-order valence-electron chi connectivity index (χ0n) is 14.2. The van der Waals surface area contributed by atoms with Gasteiger partial charge in [-0.1, -0.05) is 0 Å². The lowest BCUT2D eigenvalue weighted by Crippen LogP contribution is -2.62. The minimum Gasteiger partial charge on any atom is -0.373 e. The van der Waals surface area contributed by atoms with E-state index in [1.807, 2.05) is 4.90 Å². The number of hydrogen-bond acceptors (Lipinski definition) is 4. The van der Waals surface area contributed by atoms with Crippen molar-refractivity contribution in [2.75, 3.05) is 26.2 Å². The van der Waals surface area contributed by atoms with Crippen LogP contribution in [0.1, 0.15) is 47.5 Å². The molecule has 0 unspecified atom stereocenters. The number of piperidine rings is 1. The summed E-state index contributed by atoms with van der Waals surface area (Å²) in [5.74, 6) is 0.146. The summed E-state index contributed by atoms with van der Waals surface area (Å²) in [5, 5.41) is 7.36. The molecule has 2 fully saturated rings. The third kappa shape index (κ3) is 4.94. The van der Waals surface area contributed by atoms with Gasteiger partial charge in [0.05, 0.1) is 12.7 Å². The van der Waals surface area contributed by atoms with Gasteiger partial charge in [0, 0.05) is 43.7 Å². The van der Waals surface area contributed by atoms with E-state index in [9.17, 15) is 4.79 Å². The molecule has 2 saturated heterocycles. The fourth-order valence-corrected chi connectivity index (χ4v) is 3.89. The molecule has 2 rings (SSSR count). The Labute approximate surface area is 128 Å². The molecule has 0 saturated carbocycles. The second kappa shape index (κ2) is 6.23. The predicted molar refractivity (Wildman–Crippen MR) is 84.3 cm³/mol. The van der Waals surface area contributed by atoms with Crippen LogP contribution in [0.3, 0.4) is 0 Å². The van der Waals surface area contributed by atoms with Gasteiger partial charge in [0.2, 0.25) is 5.91 Å². The topological polar surface area (TPSA) is 53.6 Å². The predicted octanol–water partition coefficient (Wildman–Crippen LogP) is 1.13. The van der Waals surface area contributed by atoms with Crippen molar-refractivity contribution >= 4 is 5.91 Å². The molecule has 122 valence electrons. The molecule has 5 nitrogen and oxygen atoms in total. The smallest absolute Gasteiger partial charge is 0.219 e. The van der Waals surface area contributed by atoms with Crippen molar-refractivity contribution in [3.8, 4) is 0 Å². The van der Waals surface area contributed by atoms with E-state index in [0.717, 1.165) is 25.9 Å². The van der Waals surface area contributed by atoms with Gasteiger partial charge in [-0.25, -0.2) is 0 Å². The Balaban J connectivity index is 1.83. The Bertz CT molecular complexity index is 366. The lowest BCUT2D eigenvalue weighted by Gasteiger charge is -2.47. The van der Waals surface area contributed by atoms with Crippen molar-refractivity contribution in [3.05, 3.63) is 0 Å². The Morgan fingerprint density at radius 3 is 2.48 bits per heavy atom. The molecular formula is C16H31N3O2. The van der Waals surface area contributed by atoms with Gasteiger partial charge in [-0.15, -0.1) is 0 Å². The van der Waals surface area contributed by atoms with Gasteiger partial charge >= 0.3 is 0 Å². The van der Waals surface area contributed by atoms with Gasteiger partial charge in [-0.05, 0) is 40.5 Å². The van der Waals surface area contributed by atoms with Gasteiger partial charge in [0.15, 0.2) is 0 Å². The van der Waals surface area contributed by atoms with E-state index in [-0.39, 0.29) is 23.1 Å².